The molecule has 0 spiro atoms. The summed E-state index contributed by atoms with van der Waals surface area (Å²) < 4.78 is 0. The summed E-state index contributed by atoms with van der Waals surface area (Å²) in [6, 6.07) is 3.82. The maximum Gasteiger partial charge on any atom is 0.128 e. The summed E-state index contributed by atoms with van der Waals surface area (Å²) in [6.45, 7) is 0.167. The summed E-state index contributed by atoms with van der Waals surface area (Å²) in [5.74, 6) is 0.849. The topological polar surface area (TPSA) is 45.2 Å². The van der Waals surface area contributed by atoms with E-state index in [0.717, 1.165) is 11.4 Å². The number of aliphatic hydroxyl groups is 1. The molecule has 11 heavy (non-hydrogen) atoms. The number of rotatable bonds is 3. The number of aromatic nitrogens is 1. The van der Waals surface area contributed by atoms with E-state index in [1.807, 2.05) is 19.2 Å². The molecule has 3 nitrogen and oxygen atoms in total. The van der Waals surface area contributed by atoms with Crippen LogP contribution in [0.4, 0.5) is 5.82 Å². The van der Waals surface area contributed by atoms with Crippen molar-refractivity contribution in [3.63, 3.8) is 0 Å². The molecule has 3 heteroatoms. The van der Waals surface area contributed by atoms with Crippen LogP contribution >= 0.6 is 0 Å². The van der Waals surface area contributed by atoms with E-state index in [1.165, 1.54) is 0 Å². The minimum absolute atomic E-state index is 0.167. The molecule has 0 atom stereocenters. The predicted molar refractivity (Wildman–Crippen MR) is 44.6 cm³/mol. The quantitative estimate of drug-likeness (QED) is 0.668. The summed E-state index contributed by atoms with van der Waals surface area (Å²) in [7, 11) is 1.82. The summed E-state index contributed by atoms with van der Waals surface area (Å²) >= 11 is 0. The third kappa shape index (κ3) is 1.91. The predicted octanol–water partition coefficient (Wildman–Crippen LogP) is 0.658. The zero-order valence-electron chi connectivity index (χ0n) is 6.54. The fourth-order valence-corrected chi connectivity index (χ4v) is 0.986. The maximum atomic E-state index is 8.68. The van der Waals surface area contributed by atoms with Crippen LogP contribution in [0.1, 0.15) is 5.56 Å². The first-order chi connectivity index (χ1) is 5.38. The Bertz CT molecular complexity index is 225. The molecule has 0 fully saturated rings. The Morgan fingerprint density at radius 3 is 3.09 bits per heavy atom. The van der Waals surface area contributed by atoms with Gasteiger partial charge in [-0.05, 0) is 18.1 Å². The van der Waals surface area contributed by atoms with Crippen LogP contribution in [0, 0.1) is 0 Å². The van der Waals surface area contributed by atoms with Crippen LogP contribution in [0.15, 0.2) is 18.3 Å². The van der Waals surface area contributed by atoms with Gasteiger partial charge < -0.3 is 10.4 Å². The molecule has 2 N–H and O–H groups in total. The van der Waals surface area contributed by atoms with Crippen molar-refractivity contribution in [2.75, 3.05) is 19.0 Å². The Morgan fingerprint density at radius 1 is 1.64 bits per heavy atom. The summed E-state index contributed by atoms with van der Waals surface area (Å²) in [5.41, 5.74) is 1.05. The highest BCUT2D eigenvalue weighted by Crippen LogP contribution is 2.09. The van der Waals surface area contributed by atoms with Gasteiger partial charge in [0.05, 0.1) is 0 Å². The fraction of sp³-hybridized carbons (Fsp3) is 0.375. The van der Waals surface area contributed by atoms with Crippen molar-refractivity contribution in [2.24, 2.45) is 0 Å². The van der Waals surface area contributed by atoms with E-state index >= 15 is 0 Å². The largest absolute Gasteiger partial charge is 0.396 e. The molecule has 0 unspecified atom stereocenters. The zero-order chi connectivity index (χ0) is 8.10. The van der Waals surface area contributed by atoms with E-state index in [9.17, 15) is 0 Å². The second kappa shape index (κ2) is 3.93. The van der Waals surface area contributed by atoms with Crippen molar-refractivity contribution in [3.8, 4) is 0 Å². The van der Waals surface area contributed by atoms with Crippen LogP contribution in [-0.4, -0.2) is 23.7 Å². The molecule has 60 valence electrons. The summed E-state index contributed by atoms with van der Waals surface area (Å²) in [4.78, 5) is 4.09. The lowest BCUT2D eigenvalue weighted by molar-refractivity contribution is 0.299. The fourth-order valence-electron chi connectivity index (χ4n) is 0.986. The molecule has 0 saturated heterocycles. The molecular formula is C8H12N2O. The second-order valence-electron chi connectivity index (χ2n) is 2.23. The van der Waals surface area contributed by atoms with Gasteiger partial charge in [0.2, 0.25) is 0 Å². The van der Waals surface area contributed by atoms with Gasteiger partial charge >= 0.3 is 0 Å². The van der Waals surface area contributed by atoms with E-state index in [4.69, 9.17) is 5.11 Å². The molecule has 0 bridgehead atoms. The number of hydrogen-bond acceptors (Lipinski definition) is 3. The molecule has 1 heterocycles. The third-order valence-electron chi connectivity index (χ3n) is 1.51. The lowest BCUT2D eigenvalue weighted by Crippen LogP contribution is -1.99. The third-order valence-corrected chi connectivity index (χ3v) is 1.51. The molecule has 0 radical (unpaired) electrons. The first kappa shape index (κ1) is 8.01. The molecule has 0 saturated carbocycles. The first-order valence-corrected chi connectivity index (χ1v) is 3.61. The second-order valence-corrected chi connectivity index (χ2v) is 2.23. The molecule has 0 amide bonds. The van der Waals surface area contributed by atoms with Crippen molar-refractivity contribution >= 4 is 5.82 Å². The zero-order valence-corrected chi connectivity index (χ0v) is 6.54. The maximum absolute atomic E-state index is 8.68. The smallest absolute Gasteiger partial charge is 0.128 e. The van der Waals surface area contributed by atoms with Gasteiger partial charge in [0, 0.05) is 19.9 Å². The number of anilines is 1. The molecular weight excluding hydrogens is 140 g/mol. The van der Waals surface area contributed by atoms with Gasteiger partial charge in [-0.15, -0.1) is 0 Å². The van der Waals surface area contributed by atoms with Crippen molar-refractivity contribution in [1.82, 2.24) is 4.98 Å². The lowest BCUT2D eigenvalue weighted by atomic mass is 10.2. The highest BCUT2D eigenvalue weighted by molar-refractivity contribution is 5.42. The minimum atomic E-state index is 0.167. The Kier molecular flexibility index (Phi) is 2.86. The van der Waals surface area contributed by atoms with Gasteiger partial charge in [-0.2, -0.15) is 0 Å². The number of nitrogens with one attached hydrogen (secondary N) is 1. The van der Waals surface area contributed by atoms with Crippen LogP contribution in [0.2, 0.25) is 0 Å². The van der Waals surface area contributed by atoms with E-state index in [0.29, 0.717) is 6.42 Å². The van der Waals surface area contributed by atoms with E-state index in [1.54, 1.807) is 6.20 Å². The summed E-state index contributed by atoms with van der Waals surface area (Å²) in [6.07, 6.45) is 2.39. The van der Waals surface area contributed by atoms with Crippen molar-refractivity contribution in [3.05, 3.63) is 23.9 Å². The van der Waals surface area contributed by atoms with Gasteiger partial charge in [0.25, 0.3) is 0 Å². The van der Waals surface area contributed by atoms with Gasteiger partial charge in [-0.3, -0.25) is 0 Å². The van der Waals surface area contributed by atoms with Crippen LogP contribution in [0.25, 0.3) is 0 Å². The van der Waals surface area contributed by atoms with Crippen molar-refractivity contribution < 1.29 is 5.11 Å². The van der Waals surface area contributed by atoms with Crippen LogP contribution in [0.5, 0.6) is 0 Å². The average molecular weight is 152 g/mol. The first-order valence-electron chi connectivity index (χ1n) is 3.61. The number of nitrogens with zero attached hydrogens (tertiary/aromatic N) is 1. The van der Waals surface area contributed by atoms with Crippen molar-refractivity contribution in [2.45, 2.75) is 6.42 Å². The normalized spacial score (nSPS) is 9.64. The highest BCUT2D eigenvalue weighted by Gasteiger charge is 1.98. The summed E-state index contributed by atoms with van der Waals surface area (Å²) in [5, 5.41) is 11.6. The Hall–Kier alpha value is -1.09. The van der Waals surface area contributed by atoms with Gasteiger partial charge in [-0.1, -0.05) is 6.07 Å². The Morgan fingerprint density at radius 2 is 2.45 bits per heavy atom. The SMILES string of the molecule is CNc1ncccc1CCO. The minimum Gasteiger partial charge on any atom is -0.396 e. The average Bonchev–Trinajstić information content (AvgIpc) is 2.06. The standard InChI is InChI=1S/C8H12N2O/c1-9-8-7(4-6-11)3-2-5-10-8/h2-3,5,11H,4,6H2,1H3,(H,9,10). The van der Waals surface area contributed by atoms with Crippen LogP contribution in [-0.2, 0) is 6.42 Å². The molecule has 0 aliphatic heterocycles. The molecule has 1 aromatic rings. The molecule has 1 aromatic heterocycles. The Balaban J connectivity index is 2.83. The molecule has 1 rings (SSSR count). The van der Waals surface area contributed by atoms with Gasteiger partial charge in [0.15, 0.2) is 0 Å². The molecule has 0 aliphatic carbocycles. The van der Waals surface area contributed by atoms with Crippen LogP contribution < -0.4 is 5.32 Å². The number of pyridine rings is 1. The molecule has 0 aliphatic rings. The number of aliphatic hydroxyl groups excluding tert-OH is 1. The molecule has 0 aromatic carbocycles. The van der Waals surface area contributed by atoms with E-state index in [2.05, 4.69) is 10.3 Å². The van der Waals surface area contributed by atoms with Crippen molar-refractivity contribution in [1.29, 1.82) is 0 Å². The van der Waals surface area contributed by atoms with Gasteiger partial charge in [-0.25, -0.2) is 4.98 Å². The van der Waals surface area contributed by atoms with E-state index < -0.39 is 0 Å². The number of hydrogen-bond donors (Lipinski definition) is 2. The monoisotopic (exact) mass is 152 g/mol. The highest BCUT2D eigenvalue weighted by atomic mass is 16.2. The lowest BCUT2D eigenvalue weighted by Gasteiger charge is -2.04. The van der Waals surface area contributed by atoms with Gasteiger partial charge in [0.1, 0.15) is 5.82 Å². The van der Waals surface area contributed by atoms with Crippen LogP contribution in [0.3, 0.4) is 0 Å². The Labute approximate surface area is 66.1 Å². The van der Waals surface area contributed by atoms with E-state index in [-0.39, 0.29) is 6.61 Å².